The van der Waals surface area contributed by atoms with Crippen LogP contribution in [0.3, 0.4) is 0 Å². The second-order valence-electron chi connectivity index (χ2n) is 8.15. The molecule has 1 aliphatic heterocycles. The monoisotopic (exact) mass is 380 g/mol. The van der Waals surface area contributed by atoms with Gasteiger partial charge >= 0.3 is 0 Å². The van der Waals surface area contributed by atoms with Crippen molar-refractivity contribution < 1.29 is 14.4 Å². The molecule has 148 valence electrons. The van der Waals surface area contributed by atoms with Gasteiger partial charge in [-0.15, -0.1) is 0 Å². The van der Waals surface area contributed by atoms with Crippen molar-refractivity contribution in [3.8, 4) is 0 Å². The third-order valence-corrected chi connectivity index (χ3v) is 6.98. The Morgan fingerprint density at radius 1 is 1.21 bits per heavy atom. The predicted octanol–water partition coefficient (Wildman–Crippen LogP) is 4.32. The molecule has 0 saturated heterocycles. The lowest BCUT2D eigenvalue weighted by Gasteiger charge is -2.25. The van der Waals surface area contributed by atoms with Crippen LogP contribution in [0.4, 0.5) is 5.69 Å². The number of carbonyl (C=O) groups excluding carboxylic acids is 3. The molecule has 0 saturated carbocycles. The summed E-state index contributed by atoms with van der Waals surface area (Å²) in [5, 5.41) is 1.01. The molecule has 0 bridgehead atoms. The van der Waals surface area contributed by atoms with Gasteiger partial charge in [0.15, 0.2) is 5.78 Å². The second-order valence-corrected chi connectivity index (χ2v) is 8.15. The molecule has 1 amide bonds. The van der Waals surface area contributed by atoms with Crippen molar-refractivity contribution in [2.75, 3.05) is 11.4 Å². The van der Waals surface area contributed by atoms with E-state index in [-0.39, 0.29) is 17.5 Å². The number of likely N-dealkylation sites (N-methyl/N-ethyl adjacent to an activating group) is 1. The normalized spacial score (nSPS) is 21.0. The summed E-state index contributed by atoms with van der Waals surface area (Å²) in [4.78, 5) is 43.4. The molecule has 1 atom stereocenters. The van der Waals surface area contributed by atoms with Gasteiger partial charge in [-0.3, -0.25) is 14.4 Å². The number of fused-ring (bicyclic) bond motifs is 4. The highest BCUT2D eigenvalue weighted by molar-refractivity contribution is 6.14. The van der Waals surface area contributed by atoms with Gasteiger partial charge in [-0.05, 0) is 69.2 Å². The molecular formula is C23H28N2O3. The summed E-state index contributed by atoms with van der Waals surface area (Å²) >= 11 is 0. The van der Waals surface area contributed by atoms with Crippen LogP contribution in [0, 0.1) is 5.92 Å². The molecule has 1 aromatic carbocycles. The van der Waals surface area contributed by atoms with Gasteiger partial charge in [-0.2, -0.15) is 0 Å². The van der Waals surface area contributed by atoms with Crippen LogP contribution >= 0.6 is 0 Å². The van der Waals surface area contributed by atoms with Gasteiger partial charge in [-0.1, -0.05) is 13.8 Å². The summed E-state index contributed by atoms with van der Waals surface area (Å²) in [5.74, 6) is -0.503. The number of benzene rings is 1. The van der Waals surface area contributed by atoms with E-state index in [0.717, 1.165) is 53.4 Å². The fourth-order valence-corrected chi connectivity index (χ4v) is 5.27. The third kappa shape index (κ3) is 2.34. The van der Waals surface area contributed by atoms with Crippen molar-refractivity contribution in [2.24, 2.45) is 5.92 Å². The van der Waals surface area contributed by atoms with Gasteiger partial charge in [0, 0.05) is 23.1 Å². The number of ketones is 2. The Morgan fingerprint density at radius 3 is 2.54 bits per heavy atom. The summed E-state index contributed by atoms with van der Waals surface area (Å²) in [7, 11) is 0. The minimum absolute atomic E-state index is 0.0576. The van der Waals surface area contributed by atoms with Crippen LogP contribution in [0.25, 0.3) is 10.9 Å². The van der Waals surface area contributed by atoms with Crippen molar-refractivity contribution in [3.05, 3.63) is 29.0 Å². The number of amides is 1. The van der Waals surface area contributed by atoms with Crippen LogP contribution in [0.2, 0.25) is 0 Å². The highest BCUT2D eigenvalue weighted by Crippen LogP contribution is 2.48. The first-order chi connectivity index (χ1) is 13.4. The number of nitrogens with one attached hydrogen (secondary N) is 1. The van der Waals surface area contributed by atoms with Crippen LogP contribution in [-0.4, -0.2) is 29.0 Å². The zero-order valence-electron chi connectivity index (χ0n) is 17.1. The number of anilines is 1. The fraction of sp³-hybridized carbons (Fsp3) is 0.522. The van der Waals surface area contributed by atoms with Crippen molar-refractivity contribution in [2.45, 2.75) is 65.2 Å². The Hall–Kier alpha value is -2.43. The van der Waals surface area contributed by atoms with E-state index >= 15 is 0 Å². The maximum absolute atomic E-state index is 13.2. The topological polar surface area (TPSA) is 70.2 Å². The van der Waals surface area contributed by atoms with E-state index in [1.165, 1.54) is 6.92 Å². The molecule has 4 rings (SSSR count). The molecule has 1 N–H and O–H groups in total. The van der Waals surface area contributed by atoms with Crippen molar-refractivity contribution >= 4 is 34.1 Å². The molecule has 0 spiro atoms. The first-order valence-electron chi connectivity index (χ1n) is 10.4. The zero-order chi connectivity index (χ0) is 20.2. The van der Waals surface area contributed by atoms with E-state index in [1.807, 2.05) is 11.8 Å². The van der Waals surface area contributed by atoms with Crippen molar-refractivity contribution in [1.82, 2.24) is 4.98 Å². The molecule has 5 nitrogen and oxygen atoms in total. The Bertz CT molecular complexity index is 997. The number of aromatic amines is 1. The molecule has 1 aromatic heterocycles. The highest BCUT2D eigenvalue weighted by atomic mass is 16.2. The third-order valence-electron chi connectivity index (χ3n) is 6.98. The van der Waals surface area contributed by atoms with Gasteiger partial charge in [0.1, 0.15) is 5.78 Å². The van der Waals surface area contributed by atoms with Crippen LogP contribution in [0.1, 0.15) is 75.0 Å². The lowest BCUT2D eigenvalue weighted by Crippen LogP contribution is -2.39. The van der Waals surface area contributed by atoms with E-state index < -0.39 is 11.3 Å². The SMILES string of the molecule is CCN1C(=O)C(CC)(CC)c2cc3[nH]c4c(c3cc21)CCCC(C(C)=O)C4=O. The first-order valence-corrected chi connectivity index (χ1v) is 10.4. The number of aromatic nitrogens is 1. The minimum Gasteiger partial charge on any atom is -0.352 e. The molecule has 2 aromatic rings. The predicted molar refractivity (Wildman–Crippen MR) is 110 cm³/mol. The fourth-order valence-electron chi connectivity index (χ4n) is 5.27. The summed E-state index contributed by atoms with van der Waals surface area (Å²) < 4.78 is 0. The van der Waals surface area contributed by atoms with Gasteiger partial charge in [0.25, 0.3) is 0 Å². The summed E-state index contributed by atoms with van der Waals surface area (Å²) in [6, 6.07) is 4.17. The Balaban J connectivity index is 1.96. The largest absolute Gasteiger partial charge is 0.352 e. The maximum atomic E-state index is 13.2. The van der Waals surface area contributed by atoms with Crippen LogP contribution in [0.15, 0.2) is 12.1 Å². The smallest absolute Gasteiger partial charge is 0.237 e. The highest BCUT2D eigenvalue weighted by Gasteiger charge is 2.48. The van der Waals surface area contributed by atoms with Gasteiger partial charge in [0.2, 0.25) is 5.91 Å². The van der Waals surface area contributed by atoms with E-state index in [9.17, 15) is 14.4 Å². The number of hydrogen-bond donors (Lipinski definition) is 1. The molecule has 0 radical (unpaired) electrons. The molecule has 1 unspecified atom stereocenters. The summed E-state index contributed by atoms with van der Waals surface area (Å²) in [6.45, 7) is 8.29. The average molecular weight is 380 g/mol. The van der Waals surface area contributed by atoms with Gasteiger partial charge in [-0.25, -0.2) is 0 Å². The first kappa shape index (κ1) is 18.9. The standard InChI is InChI=1S/C23H28N2O3/c1-5-23(6-2)17-12-18-16(11-19(17)25(7-3)22(23)28)15-10-8-9-14(13(4)26)21(27)20(15)24-18/h11-12,14,24H,5-10H2,1-4H3. The number of Topliss-reactive ketones (excluding diaryl/α,β-unsaturated/α-hetero) is 2. The van der Waals surface area contributed by atoms with E-state index in [1.54, 1.807) is 0 Å². The second kappa shape index (κ2) is 6.57. The Kier molecular flexibility index (Phi) is 4.44. The van der Waals surface area contributed by atoms with E-state index in [0.29, 0.717) is 18.7 Å². The minimum atomic E-state index is -0.541. The van der Waals surface area contributed by atoms with Crippen LogP contribution in [-0.2, 0) is 21.4 Å². The lowest BCUT2D eigenvalue weighted by molar-refractivity contribution is -0.123. The average Bonchev–Trinajstić information content (AvgIpc) is 3.08. The van der Waals surface area contributed by atoms with Gasteiger partial charge < -0.3 is 9.88 Å². The molecule has 2 heterocycles. The quantitative estimate of drug-likeness (QED) is 0.634. The zero-order valence-corrected chi connectivity index (χ0v) is 17.1. The Labute approximate surface area is 165 Å². The number of hydrogen-bond acceptors (Lipinski definition) is 3. The van der Waals surface area contributed by atoms with Gasteiger partial charge in [0.05, 0.1) is 17.0 Å². The van der Waals surface area contributed by atoms with E-state index in [4.69, 9.17) is 0 Å². The molecule has 2 aliphatic rings. The number of H-pyrrole nitrogens is 1. The molecule has 0 fully saturated rings. The lowest BCUT2D eigenvalue weighted by atomic mass is 9.76. The van der Waals surface area contributed by atoms with Crippen molar-refractivity contribution in [3.63, 3.8) is 0 Å². The van der Waals surface area contributed by atoms with Crippen LogP contribution in [0.5, 0.6) is 0 Å². The molecular weight excluding hydrogens is 352 g/mol. The number of nitrogens with zero attached hydrogens (tertiary/aromatic N) is 1. The van der Waals surface area contributed by atoms with E-state index in [2.05, 4.69) is 31.0 Å². The van der Waals surface area contributed by atoms with Crippen LogP contribution < -0.4 is 4.90 Å². The maximum Gasteiger partial charge on any atom is 0.237 e. The number of carbonyl (C=O) groups is 3. The molecule has 28 heavy (non-hydrogen) atoms. The summed E-state index contributed by atoms with van der Waals surface area (Å²) in [5.41, 5.74) is 4.03. The Morgan fingerprint density at radius 2 is 1.93 bits per heavy atom. The molecule has 5 heteroatoms. The number of rotatable bonds is 4. The summed E-state index contributed by atoms with van der Waals surface area (Å²) in [6.07, 6.45) is 3.71. The number of aryl methyl sites for hydroxylation is 1. The van der Waals surface area contributed by atoms with Crippen molar-refractivity contribution in [1.29, 1.82) is 0 Å². The molecule has 1 aliphatic carbocycles.